The second kappa shape index (κ2) is 9.61. The van der Waals surface area contributed by atoms with E-state index in [-0.39, 0.29) is 12.1 Å². The SMILES string of the molecule is CCOc1ccc(C#N)cc1CCN1CCC[C@@H](NC(=O)OC(C)(C)C)C1. The molecule has 0 bridgehead atoms. The first-order valence-corrected chi connectivity index (χ1v) is 9.68. The minimum Gasteiger partial charge on any atom is -0.494 e. The molecule has 1 aromatic rings. The van der Waals surface area contributed by atoms with Gasteiger partial charge in [-0.2, -0.15) is 5.26 Å². The van der Waals surface area contributed by atoms with E-state index in [0.29, 0.717) is 12.2 Å². The molecular formula is C21H31N3O3. The molecule has 6 nitrogen and oxygen atoms in total. The van der Waals surface area contributed by atoms with Crippen LogP contribution in [0.2, 0.25) is 0 Å². The first-order valence-electron chi connectivity index (χ1n) is 9.68. The predicted octanol–water partition coefficient (Wildman–Crippen LogP) is 3.49. The molecule has 1 aliphatic rings. The lowest BCUT2D eigenvalue weighted by atomic mass is 10.0. The highest BCUT2D eigenvalue weighted by Gasteiger charge is 2.24. The number of ether oxygens (including phenoxy) is 2. The third-order valence-electron chi connectivity index (χ3n) is 4.41. The number of nitriles is 1. The van der Waals surface area contributed by atoms with Gasteiger partial charge in [-0.1, -0.05) is 0 Å². The second-order valence-corrected chi connectivity index (χ2v) is 7.90. The van der Waals surface area contributed by atoms with E-state index in [0.717, 1.165) is 50.2 Å². The molecule has 27 heavy (non-hydrogen) atoms. The van der Waals surface area contributed by atoms with Gasteiger partial charge in [-0.15, -0.1) is 0 Å². The maximum absolute atomic E-state index is 12.0. The molecule has 1 aromatic carbocycles. The van der Waals surface area contributed by atoms with Gasteiger partial charge in [-0.05, 0) is 77.3 Å². The number of hydrogen-bond donors (Lipinski definition) is 1. The molecule has 6 heteroatoms. The Bertz CT molecular complexity index is 676. The van der Waals surface area contributed by atoms with E-state index in [9.17, 15) is 4.79 Å². The van der Waals surface area contributed by atoms with Crippen molar-refractivity contribution < 1.29 is 14.3 Å². The van der Waals surface area contributed by atoms with Gasteiger partial charge in [0.25, 0.3) is 0 Å². The largest absolute Gasteiger partial charge is 0.494 e. The summed E-state index contributed by atoms with van der Waals surface area (Å²) in [5.41, 5.74) is 1.22. The van der Waals surface area contributed by atoms with Crippen molar-refractivity contribution in [3.8, 4) is 11.8 Å². The molecule has 1 heterocycles. The van der Waals surface area contributed by atoms with Crippen molar-refractivity contribution in [3.63, 3.8) is 0 Å². The fourth-order valence-corrected chi connectivity index (χ4v) is 3.27. The van der Waals surface area contributed by atoms with Crippen molar-refractivity contribution in [2.45, 2.75) is 58.6 Å². The van der Waals surface area contributed by atoms with Gasteiger partial charge in [0.05, 0.1) is 18.2 Å². The summed E-state index contributed by atoms with van der Waals surface area (Å²) in [6.07, 6.45) is 2.46. The second-order valence-electron chi connectivity index (χ2n) is 7.90. The van der Waals surface area contributed by atoms with Crippen LogP contribution in [0.4, 0.5) is 4.79 Å². The molecule has 1 atom stereocenters. The number of nitrogens with one attached hydrogen (secondary N) is 1. The van der Waals surface area contributed by atoms with E-state index in [2.05, 4.69) is 16.3 Å². The lowest BCUT2D eigenvalue weighted by Crippen LogP contribution is -2.49. The molecule has 0 unspecified atom stereocenters. The average molecular weight is 373 g/mol. The van der Waals surface area contributed by atoms with E-state index < -0.39 is 5.60 Å². The minimum absolute atomic E-state index is 0.102. The molecule has 1 fully saturated rings. The molecule has 1 amide bonds. The zero-order chi connectivity index (χ0) is 19.9. The Hall–Kier alpha value is -2.26. The van der Waals surface area contributed by atoms with E-state index in [4.69, 9.17) is 14.7 Å². The fourth-order valence-electron chi connectivity index (χ4n) is 3.27. The van der Waals surface area contributed by atoms with Crippen molar-refractivity contribution in [2.75, 3.05) is 26.2 Å². The Morgan fingerprint density at radius 3 is 2.85 bits per heavy atom. The smallest absolute Gasteiger partial charge is 0.407 e. The first kappa shape index (κ1) is 21.0. The molecule has 0 spiro atoms. The van der Waals surface area contributed by atoms with Crippen LogP contribution in [0.5, 0.6) is 5.75 Å². The van der Waals surface area contributed by atoms with Gasteiger partial charge in [-0.3, -0.25) is 0 Å². The summed E-state index contributed by atoms with van der Waals surface area (Å²) in [6.45, 7) is 10.8. The van der Waals surface area contributed by atoms with Crippen molar-refractivity contribution >= 4 is 6.09 Å². The van der Waals surface area contributed by atoms with Crippen molar-refractivity contribution in [1.82, 2.24) is 10.2 Å². The summed E-state index contributed by atoms with van der Waals surface area (Å²) in [7, 11) is 0. The van der Waals surface area contributed by atoms with Gasteiger partial charge >= 0.3 is 6.09 Å². The quantitative estimate of drug-likeness (QED) is 0.826. The normalized spacial score (nSPS) is 17.8. The standard InChI is InChI=1S/C21H31N3O3/c1-5-26-19-9-8-16(14-22)13-17(19)10-12-24-11-6-7-18(15-24)23-20(25)27-21(2,3)4/h8-9,13,18H,5-7,10-12,15H2,1-4H3,(H,23,25)/t18-/m1/s1. The maximum Gasteiger partial charge on any atom is 0.407 e. The molecular weight excluding hydrogens is 342 g/mol. The lowest BCUT2D eigenvalue weighted by Gasteiger charge is -2.33. The molecule has 1 N–H and O–H groups in total. The summed E-state index contributed by atoms with van der Waals surface area (Å²) in [6, 6.07) is 7.86. The molecule has 148 valence electrons. The topological polar surface area (TPSA) is 74.6 Å². The Morgan fingerprint density at radius 2 is 2.19 bits per heavy atom. The number of nitrogens with zero attached hydrogens (tertiary/aromatic N) is 2. The Labute approximate surface area is 162 Å². The third kappa shape index (κ3) is 7.10. The first-order chi connectivity index (χ1) is 12.8. The third-order valence-corrected chi connectivity index (χ3v) is 4.41. The van der Waals surface area contributed by atoms with Crippen LogP contribution in [0.15, 0.2) is 18.2 Å². The van der Waals surface area contributed by atoms with Crippen molar-refractivity contribution in [3.05, 3.63) is 29.3 Å². The van der Waals surface area contributed by atoms with E-state index in [1.165, 1.54) is 0 Å². The Kier molecular flexibility index (Phi) is 7.49. The number of carbonyl (C=O) groups excluding carboxylic acids is 1. The predicted molar refractivity (Wildman–Crippen MR) is 105 cm³/mol. The number of benzene rings is 1. The van der Waals surface area contributed by atoms with E-state index in [1.807, 2.05) is 39.8 Å². The zero-order valence-corrected chi connectivity index (χ0v) is 16.9. The van der Waals surface area contributed by atoms with Crippen LogP contribution < -0.4 is 10.1 Å². The molecule has 0 saturated carbocycles. The average Bonchev–Trinajstić information content (AvgIpc) is 2.59. The summed E-state index contributed by atoms with van der Waals surface area (Å²) in [5, 5.41) is 12.1. The molecule has 1 saturated heterocycles. The van der Waals surface area contributed by atoms with Crippen molar-refractivity contribution in [2.24, 2.45) is 0 Å². The van der Waals surface area contributed by atoms with Gasteiger partial charge in [0.1, 0.15) is 11.4 Å². The number of piperidine rings is 1. The number of carbonyl (C=O) groups is 1. The summed E-state index contributed by atoms with van der Waals surface area (Å²) < 4.78 is 11.1. The fraction of sp³-hybridized carbons (Fsp3) is 0.619. The van der Waals surface area contributed by atoms with Crippen LogP contribution in [0.3, 0.4) is 0 Å². The van der Waals surface area contributed by atoms with Gasteiger partial charge in [0.2, 0.25) is 0 Å². The highest BCUT2D eigenvalue weighted by atomic mass is 16.6. The van der Waals surface area contributed by atoms with Crippen molar-refractivity contribution in [1.29, 1.82) is 5.26 Å². The highest BCUT2D eigenvalue weighted by Crippen LogP contribution is 2.22. The molecule has 0 aliphatic carbocycles. The summed E-state index contributed by atoms with van der Waals surface area (Å²) in [4.78, 5) is 14.3. The zero-order valence-electron chi connectivity index (χ0n) is 16.9. The van der Waals surface area contributed by atoms with Gasteiger partial charge in [-0.25, -0.2) is 4.79 Å². The summed E-state index contributed by atoms with van der Waals surface area (Å²) in [5.74, 6) is 0.844. The van der Waals surface area contributed by atoms with Gasteiger partial charge in [0, 0.05) is 19.1 Å². The minimum atomic E-state index is -0.486. The van der Waals surface area contributed by atoms with Gasteiger partial charge in [0.15, 0.2) is 0 Å². The monoisotopic (exact) mass is 373 g/mol. The van der Waals surface area contributed by atoms with Crippen LogP contribution in [-0.4, -0.2) is 48.9 Å². The van der Waals surface area contributed by atoms with Crippen LogP contribution >= 0.6 is 0 Å². The van der Waals surface area contributed by atoms with Crippen LogP contribution in [-0.2, 0) is 11.2 Å². The Balaban J connectivity index is 1.91. The summed E-state index contributed by atoms with van der Waals surface area (Å²) >= 11 is 0. The number of hydrogen-bond acceptors (Lipinski definition) is 5. The number of rotatable bonds is 6. The number of amides is 1. The van der Waals surface area contributed by atoms with Crippen LogP contribution in [0.25, 0.3) is 0 Å². The molecule has 2 rings (SSSR count). The van der Waals surface area contributed by atoms with Crippen LogP contribution in [0.1, 0.15) is 51.7 Å². The van der Waals surface area contributed by atoms with E-state index >= 15 is 0 Å². The maximum atomic E-state index is 12.0. The van der Waals surface area contributed by atoms with E-state index in [1.54, 1.807) is 6.07 Å². The molecule has 0 aromatic heterocycles. The number of likely N-dealkylation sites (tertiary alicyclic amines) is 1. The lowest BCUT2D eigenvalue weighted by molar-refractivity contribution is 0.0472. The highest BCUT2D eigenvalue weighted by molar-refractivity contribution is 5.68. The van der Waals surface area contributed by atoms with Crippen LogP contribution in [0, 0.1) is 11.3 Å². The number of alkyl carbamates (subject to hydrolysis) is 1. The Morgan fingerprint density at radius 1 is 1.41 bits per heavy atom. The molecule has 0 radical (unpaired) electrons. The van der Waals surface area contributed by atoms with Gasteiger partial charge < -0.3 is 19.7 Å². The molecule has 1 aliphatic heterocycles.